The van der Waals surface area contributed by atoms with Crippen LogP contribution in [0.1, 0.15) is 21.7 Å². The lowest BCUT2D eigenvalue weighted by atomic mass is 10.2. The van der Waals surface area contributed by atoms with Gasteiger partial charge in [0.25, 0.3) is 5.91 Å². The largest absolute Gasteiger partial charge is 0.465 e. The molecule has 6 heteroatoms. The summed E-state index contributed by atoms with van der Waals surface area (Å²) in [7, 11) is 0. The van der Waals surface area contributed by atoms with E-state index in [1.165, 1.54) is 24.6 Å². The van der Waals surface area contributed by atoms with Crippen molar-refractivity contribution in [2.75, 3.05) is 0 Å². The first-order valence-corrected chi connectivity index (χ1v) is 8.12. The minimum Gasteiger partial charge on any atom is -0.465 e. The first-order chi connectivity index (χ1) is 13.2. The minimum atomic E-state index is -0.530. The predicted molar refractivity (Wildman–Crippen MR) is 101 cm³/mol. The minimum absolute atomic E-state index is 0.308. The van der Waals surface area contributed by atoms with Gasteiger partial charge in [0.1, 0.15) is 11.5 Å². The summed E-state index contributed by atoms with van der Waals surface area (Å²) in [5, 5.41) is 3.92. The Morgan fingerprint density at radius 1 is 1.00 bits per heavy atom. The fourth-order valence-corrected chi connectivity index (χ4v) is 2.16. The van der Waals surface area contributed by atoms with Gasteiger partial charge in [-0.15, -0.1) is 0 Å². The van der Waals surface area contributed by atoms with Crippen LogP contribution in [0.25, 0.3) is 6.08 Å². The number of carbonyl (C=O) groups excluding carboxylic acids is 2. The van der Waals surface area contributed by atoms with E-state index in [9.17, 15) is 9.59 Å². The van der Waals surface area contributed by atoms with Crippen molar-refractivity contribution < 1.29 is 18.7 Å². The Morgan fingerprint density at radius 2 is 1.85 bits per heavy atom. The van der Waals surface area contributed by atoms with Crippen LogP contribution in [0.2, 0.25) is 0 Å². The first kappa shape index (κ1) is 17.9. The summed E-state index contributed by atoms with van der Waals surface area (Å²) in [6, 6.07) is 19.0. The summed E-state index contributed by atoms with van der Waals surface area (Å²) < 4.78 is 10.3. The quantitative estimate of drug-likeness (QED) is 0.239. The molecule has 3 rings (SSSR count). The molecule has 1 heterocycles. The van der Waals surface area contributed by atoms with Gasteiger partial charge in [0.2, 0.25) is 0 Å². The molecule has 0 unspecified atom stereocenters. The van der Waals surface area contributed by atoms with E-state index in [2.05, 4.69) is 10.5 Å². The zero-order valence-corrected chi connectivity index (χ0v) is 14.2. The zero-order valence-electron chi connectivity index (χ0n) is 14.2. The van der Waals surface area contributed by atoms with Crippen LogP contribution in [0.15, 0.2) is 88.6 Å². The van der Waals surface area contributed by atoms with Crippen LogP contribution >= 0.6 is 0 Å². The summed E-state index contributed by atoms with van der Waals surface area (Å²) >= 11 is 0. The Hall–Kier alpha value is -3.93. The highest BCUT2D eigenvalue weighted by molar-refractivity contribution is 5.94. The number of carbonyl (C=O) groups is 2. The zero-order chi connectivity index (χ0) is 18.9. The van der Waals surface area contributed by atoms with Gasteiger partial charge in [0.15, 0.2) is 0 Å². The van der Waals surface area contributed by atoms with Crippen molar-refractivity contribution >= 4 is 24.2 Å². The van der Waals surface area contributed by atoms with E-state index in [0.29, 0.717) is 22.6 Å². The molecule has 0 aliphatic carbocycles. The van der Waals surface area contributed by atoms with Crippen LogP contribution in [-0.4, -0.2) is 18.1 Å². The van der Waals surface area contributed by atoms with Gasteiger partial charge in [-0.3, -0.25) is 4.79 Å². The molecule has 0 spiro atoms. The molecule has 0 saturated carbocycles. The number of ether oxygens (including phenoxy) is 1. The van der Waals surface area contributed by atoms with Crippen LogP contribution in [-0.2, 0) is 4.79 Å². The molecule has 6 nitrogen and oxygen atoms in total. The topological polar surface area (TPSA) is 80.9 Å². The van der Waals surface area contributed by atoms with E-state index in [-0.39, 0.29) is 5.91 Å². The Bertz CT molecular complexity index is 961. The van der Waals surface area contributed by atoms with Gasteiger partial charge in [0.05, 0.1) is 12.5 Å². The average molecular weight is 360 g/mol. The Kier molecular flexibility index (Phi) is 5.93. The second-order valence-electron chi connectivity index (χ2n) is 5.41. The molecule has 3 aromatic rings. The maximum Gasteiger partial charge on any atom is 0.336 e. The third-order valence-corrected chi connectivity index (χ3v) is 3.42. The number of hydrazone groups is 1. The summed E-state index contributed by atoms with van der Waals surface area (Å²) in [5.41, 5.74) is 3.63. The highest BCUT2D eigenvalue weighted by Gasteiger charge is 2.03. The highest BCUT2D eigenvalue weighted by atomic mass is 16.5. The number of amides is 1. The van der Waals surface area contributed by atoms with Gasteiger partial charge in [-0.2, -0.15) is 5.10 Å². The van der Waals surface area contributed by atoms with E-state index in [0.717, 1.165) is 0 Å². The van der Waals surface area contributed by atoms with Crippen molar-refractivity contribution in [1.82, 2.24) is 5.43 Å². The molecule has 1 N–H and O–H groups in total. The Labute approximate surface area is 155 Å². The molecule has 134 valence electrons. The van der Waals surface area contributed by atoms with Crippen molar-refractivity contribution in [3.05, 3.63) is 96.0 Å². The maximum atomic E-state index is 11.9. The molecule has 1 aromatic heterocycles. The van der Waals surface area contributed by atoms with Crippen LogP contribution in [0.3, 0.4) is 0 Å². The smallest absolute Gasteiger partial charge is 0.336 e. The van der Waals surface area contributed by atoms with Crippen LogP contribution in [0.5, 0.6) is 5.75 Å². The average Bonchev–Trinajstić information content (AvgIpc) is 3.21. The van der Waals surface area contributed by atoms with Gasteiger partial charge in [-0.1, -0.05) is 30.3 Å². The lowest BCUT2D eigenvalue weighted by Crippen LogP contribution is -2.17. The van der Waals surface area contributed by atoms with Gasteiger partial charge in [-0.25, -0.2) is 10.2 Å². The summed E-state index contributed by atoms with van der Waals surface area (Å²) in [4.78, 5) is 23.7. The molecule has 0 radical (unpaired) electrons. The van der Waals surface area contributed by atoms with Gasteiger partial charge < -0.3 is 9.15 Å². The van der Waals surface area contributed by atoms with E-state index < -0.39 is 5.97 Å². The molecule has 0 saturated heterocycles. The normalized spacial score (nSPS) is 11.0. The molecule has 2 aromatic carbocycles. The third kappa shape index (κ3) is 5.54. The molecule has 0 atom stereocenters. The molecule has 27 heavy (non-hydrogen) atoms. The molecule has 0 aliphatic heterocycles. The maximum absolute atomic E-state index is 11.9. The van der Waals surface area contributed by atoms with E-state index in [1.54, 1.807) is 60.7 Å². The number of benzene rings is 2. The Balaban J connectivity index is 1.56. The van der Waals surface area contributed by atoms with E-state index >= 15 is 0 Å². The second-order valence-corrected chi connectivity index (χ2v) is 5.41. The van der Waals surface area contributed by atoms with Crippen molar-refractivity contribution in [2.24, 2.45) is 5.10 Å². The lowest BCUT2D eigenvalue weighted by Gasteiger charge is -2.02. The molecule has 0 aliphatic rings. The van der Waals surface area contributed by atoms with Crippen molar-refractivity contribution in [2.45, 2.75) is 0 Å². The third-order valence-electron chi connectivity index (χ3n) is 3.42. The van der Waals surface area contributed by atoms with Crippen molar-refractivity contribution in [3.8, 4) is 5.75 Å². The van der Waals surface area contributed by atoms with Crippen molar-refractivity contribution in [1.29, 1.82) is 0 Å². The van der Waals surface area contributed by atoms with Gasteiger partial charge in [-0.05, 0) is 48.0 Å². The van der Waals surface area contributed by atoms with Crippen LogP contribution < -0.4 is 10.2 Å². The molecule has 0 fully saturated rings. The molecular weight excluding hydrogens is 344 g/mol. The number of hydrogen-bond acceptors (Lipinski definition) is 5. The number of esters is 1. The number of rotatable bonds is 6. The fourth-order valence-electron chi connectivity index (χ4n) is 2.16. The predicted octanol–water partition coefficient (Wildman–Crippen LogP) is 3.66. The van der Waals surface area contributed by atoms with E-state index in [1.807, 2.05) is 6.07 Å². The monoisotopic (exact) mass is 360 g/mol. The number of nitrogens with one attached hydrogen (secondary N) is 1. The number of hydrogen-bond donors (Lipinski definition) is 1. The SMILES string of the molecule is O=C(/C=C/c1ccco1)Oc1cccc(/C=N\NC(=O)c2ccccc2)c1. The molecule has 1 amide bonds. The number of furan rings is 1. The van der Waals surface area contributed by atoms with Gasteiger partial charge >= 0.3 is 5.97 Å². The lowest BCUT2D eigenvalue weighted by molar-refractivity contribution is -0.128. The molecule has 0 bridgehead atoms. The van der Waals surface area contributed by atoms with Crippen molar-refractivity contribution in [3.63, 3.8) is 0 Å². The number of nitrogens with zero attached hydrogens (tertiary/aromatic N) is 1. The fraction of sp³-hybridized carbons (Fsp3) is 0. The highest BCUT2D eigenvalue weighted by Crippen LogP contribution is 2.13. The standard InChI is InChI=1S/C21H16N2O4/c24-20(12-11-18-10-5-13-26-18)27-19-9-4-6-16(14-19)15-22-23-21(25)17-7-2-1-3-8-17/h1-15H,(H,23,25)/b12-11+,22-15-. The summed E-state index contributed by atoms with van der Waals surface area (Å²) in [5.74, 6) is 0.0831. The van der Waals surface area contributed by atoms with Crippen LogP contribution in [0.4, 0.5) is 0 Å². The second kappa shape index (κ2) is 8.96. The first-order valence-electron chi connectivity index (χ1n) is 8.12. The van der Waals surface area contributed by atoms with E-state index in [4.69, 9.17) is 9.15 Å². The summed E-state index contributed by atoms with van der Waals surface area (Å²) in [6.45, 7) is 0. The van der Waals surface area contributed by atoms with Gasteiger partial charge in [0, 0.05) is 11.6 Å². The molecular formula is C21H16N2O4. The Morgan fingerprint density at radius 3 is 2.63 bits per heavy atom. The van der Waals surface area contributed by atoms with Crippen LogP contribution in [0, 0.1) is 0 Å². The summed E-state index contributed by atoms with van der Waals surface area (Å²) in [6.07, 6.45) is 5.79.